The maximum atomic E-state index is 4.39. The minimum Gasteiger partial charge on any atom is -0.368 e. The number of nitrogens with zero attached hydrogens (tertiary/aromatic N) is 6. The number of hydrogen-bond acceptors (Lipinski definition) is 4. The summed E-state index contributed by atoms with van der Waals surface area (Å²) in [5.41, 5.74) is 1.29. The van der Waals surface area contributed by atoms with Crippen molar-refractivity contribution in [2.75, 3.05) is 38.1 Å². The molecule has 1 aliphatic rings. The van der Waals surface area contributed by atoms with E-state index in [0.29, 0.717) is 6.54 Å². The molecule has 0 unspecified atom stereocenters. The van der Waals surface area contributed by atoms with Gasteiger partial charge >= 0.3 is 0 Å². The van der Waals surface area contributed by atoms with Crippen molar-refractivity contribution in [3.05, 3.63) is 42.5 Å². The highest BCUT2D eigenvalue weighted by molar-refractivity contribution is 5.80. The molecule has 2 heterocycles. The van der Waals surface area contributed by atoms with Crippen LogP contribution in [0.25, 0.3) is 0 Å². The average Bonchev–Trinajstić information content (AvgIpc) is 3.02. The summed E-state index contributed by atoms with van der Waals surface area (Å²) in [6, 6.07) is 10.6. The number of aromatic nitrogens is 3. The lowest BCUT2D eigenvalue weighted by Crippen LogP contribution is -2.52. The molecule has 0 spiro atoms. The Hall–Kier alpha value is -2.57. The molecular weight excluding hydrogens is 290 g/mol. The van der Waals surface area contributed by atoms with Crippen LogP contribution in [0, 0.1) is 0 Å². The Labute approximate surface area is 136 Å². The number of nitrogens with one attached hydrogen (secondary N) is 1. The van der Waals surface area contributed by atoms with Crippen LogP contribution in [-0.4, -0.2) is 58.9 Å². The Morgan fingerprint density at radius 3 is 2.52 bits per heavy atom. The van der Waals surface area contributed by atoms with Gasteiger partial charge < -0.3 is 15.1 Å². The molecule has 1 N–H and O–H groups in total. The quantitative estimate of drug-likeness (QED) is 0.668. The fraction of sp³-hybridized carbons (Fsp3) is 0.438. The molecule has 2 aromatic rings. The number of aryl methyl sites for hydroxylation is 1. The van der Waals surface area contributed by atoms with Crippen molar-refractivity contribution in [1.29, 1.82) is 0 Å². The van der Waals surface area contributed by atoms with Crippen molar-refractivity contribution in [2.24, 2.45) is 12.0 Å². The average molecular weight is 313 g/mol. The summed E-state index contributed by atoms with van der Waals surface area (Å²) in [4.78, 5) is 13.3. The van der Waals surface area contributed by atoms with E-state index < -0.39 is 0 Å². The van der Waals surface area contributed by atoms with Gasteiger partial charge in [0.05, 0.1) is 6.54 Å². The number of rotatable bonds is 3. The Bertz CT molecular complexity index is 641. The third-order valence-electron chi connectivity index (χ3n) is 4.12. The number of piperazine rings is 1. The predicted octanol–water partition coefficient (Wildman–Crippen LogP) is 0.713. The van der Waals surface area contributed by atoms with Crippen LogP contribution in [-0.2, 0) is 13.6 Å². The van der Waals surface area contributed by atoms with Gasteiger partial charge in [-0.2, -0.15) is 5.10 Å². The zero-order chi connectivity index (χ0) is 16.1. The topological polar surface area (TPSA) is 61.6 Å². The van der Waals surface area contributed by atoms with Crippen LogP contribution in [0.4, 0.5) is 5.69 Å². The third-order valence-corrected chi connectivity index (χ3v) is 4.12. The number of aliphatic imine (C=N–C) groups is 1. The van der Waals surface area contributed by atoms with Crippen molar-refractivity contribution in [3.8, 4) is 0 Å². The molecule has 1 aromatic carbocycles. The van der Waals surface area contributed by atoms with E-state index in [1.807, 2.05) is 14.1 Å². The van der Waals surface area contributed by atoms with E-state index in [9.17, 15) is 0 Å². The lowest BCUT2D eigenvalue weighted by Gasteiger charge is -2.37. The number of guanidine groups is 1. The van der Waals surface area contributed by atoms with Gasteiger partial charge in [0.1, 0.15) is 12.2 Å². The molecule has 0 aliphatic carbocycles. The summed E-state index contributed by atoms with van der Waals surface area (Å²) in [5.74, 6) is 1.81. The number of hydrogen-bond donors (Lipinski definition) is 1. The van der Waals surface area contributed by atoms with E-state index >= 15 is 0 Å². The Balaban J connectivity index is 1.54. The highest BCUT2D eigenvalue weighted by Gasteiger charge is 2.19. The van der Waals surface area contributed by atoms with Gasteiger partial charge in [-0.3, -0.25) is 9.67 Å². The molecule has 1 aromatic heterocycles. The molecule has 1 aliphatic heterocycles. The lowest BCUT2D eigenvalue weighted by atomic mass is 10.2. The summed E-state index contributed by atoms with van der Waals surface area (Å²) in [7, 11) is 3.72. The van der Waals surface area contributed by atoms with E-state index in [-0.39, 0.29) is 0 Å². The van der Waals surface area contributed by atoms with Gasteiger partial charge in [-0.1, -0.05) is 18.2 Å². The van der Waals surface area contributed by atoms with Gasteiger partial charge in [0.15, 0.2) is 5.96 Å². The Morgan fingerprint density at radius 2 is 1.91 bits per heavy atom. The summed E-state index contributed by atoms with van der Waals surface area (Å²) in [6.07, 6.45) is 1.57. The van der Waals surface area contributed by atoms with Crippen LogP contribution in [0.5, 0.6) is 0 Å². The third kappa shape index (κ3) is 3.61. The molecule has 0 saturated carbocycles. The van der Waals surface area contributed by atoms with Crippen molar-refractivity contribution in [2.45, 2.75) is 6.54 Å². The van der Waals surface area contributed by atoms with Crippen LogP contribution in [0.2, 0.25) is 0 Å². The van der Waals surface area contributed by atoms with Gasteiger partial charge in [-0.25, -0.2) is 4.98 Å². The van der Waals surface area contributed by atoms with Crippen molar-refractivity contribution >= 4 is 11.6 Å². The minimum absolute atomic E-state index is 0.627. The molecular formula is C16H23N7. The molecule has 1 saturated heterocycles. The first-order chi connectivity index (χ1) is 11.3. The standard InChI is InChI=1S/C16H23N7/c1-17-16(18-12-15-19-13-20-21(15)2)23-10-8-22(9-11-23)14-6-4-3-5-7-14/h3-7,13H,8-12H2,1-2H3,(H,17,18). The second kappa shape index (κ2) is 7.13. The smallest absolute Gasteiger partial charge is 0.194 e. The summed E-state index contributed by atoms with van der Waals surface area (Å²) >= 11 is 0. The highest BCUT2D eigenvalue weighted by Crippen LogP contribution is 2.15. The Kier molecular flexibility index (Phi) is 4.75. The van der Waals surface area contributed by atoms with Crippen LogP contribution in [0.3, 0.4) is 0 Å². The van der Waals surface area contributed by atoms with Gasteiger partial charge in [0.2, 0.25) is 0 Å². The largest absolute Gasteiger partial charge is 0.368 e. The highest BCUT2D eigenvalue weighted by atomic mass is 15.4. The number of benzene rings is 1. The minimum atomic E-state index is 0.627. The second-order valence-corrected chi connectivity index (χ2v) is 5.51. The normalized spacial score (nSPS) is 15.8. The van der Waals surface area contributed by atoms with Gasteiger partial charge in [-0.05, 0) is 12.1 Å². The fourth-order valence-corrected chi connectivity index (χ4v) is 2.79. The maximum Gasteiger partial charge on any atom is 0.194 e. The monoisotopic (exact) mass is 313 g/mol. The fourth-order valence-electron chi connectivity index (χ4n) is 2.79. The Morgan fingerprint density at radius 1 is 1.17 bits per heavy atom. The first-order valence-corrected chi connectivity index (χ1v) is 7.86. The summed E-state index contributed by atoms with van der Waals surface area (Å²) < 4.78 is 1.77. The molecule has 0 amide bonds. The zero-order valence-electron chi connectivity index (χ0n) is 13.7. The molecule has 0 atom stereocenters. The maximum absolute atomic E-state index is 4.39. The van der Waals surface area contributed by atoms with Crippen molar-refractivity contribution in [1.82, 2.24) is 25.0 Å². The van der Waals surface area contributed by atoms with Gasteiger partial charge in [0.25, 0.3) is 0 Å². The molecule has 7 nitrogen and oxygen atoms in total. The molecule has 0 bridgehead atoms. The number of anilines is 1. The van der Waals surface area contributed by atoms with Crippen LogP contribution >= 0.6 is 0 Å². The molecule has 23 heavy (non-hydrogen) atoms. The van der Waals surface area contributed by atoms with Crippen LogP contribution < -0.4 is 10.2 Å². The summed E-state index contributed by atoms with van der Waals surface area (Å²) in [6.45, 7) is 4.52. The summed E-state index contributed by atoms with van der Waals surface area (Å²) in [5, 5.41) is 7.45. The molecule has 0 radical (unpaired) electrons. The van der Waals surface area contributed by atoms with E-state index in [1.165, 1.54) is 5.69 Å². The predicted molar refractivity (Wildman–Crippen MR) is 91.4 cm³/mol. The lowest BCUT2D eigenvalue weighted by molar-refractivity contribution is 0.371. The first-order valence-electron chi connectivity index (χ1n) is 7.86. The van der Waals surface area contributed by atoms with E-state index in [1.54, 1.807) is 11.0 Å². The molecule has 122 valence electrons. The zero-order valence-corrected chi connectivity index (χ0v) is 13.7. The first kappa shape index (κ1) is 15.3. The van der Waals surface area contributed by atoms with E-state index in [2.05, 4.69) is 60.5 Å². The van der Waals surface area contributed by atoms with Gasteiger partial charge in [-0.15, -0.1) is 0 Å². The van der Waals surface area contributed by atoms with Crippen LogP contribution in [0.15, 0.2) is 41.7 Å². The number of para-hydroxylation sites is 1. The molecule has 3 rings (SSSR count). The van der Waals surface area contributed by atoms with Gasteiger partial charge in [0, 0.05) is 46.0 Å². The van der Waals surface area contributed by atoms with Crippen LogP contribution in [0.1, 0.15) is 5.82 Å². The van der Waals surface area contributed by atoms with Crippen molar-refractivity contribution < 1.29 is 0 Å². The van der Waals surface area contributed by atoms with E-state index in [4.69, 9.17) is 0 Å². The van der Waals surface area contributed by atoms with E-state index in [0.717, 1.165) is 38.0 Å². The molecule has 1 fully saturated rings. The SMILES string of the molecule is CN=C(NCc1ncnn1C)N1CCN(c2ccccc2)CC1. The van der Waals surface area contributed by atoms with Crippen molar-refractivity contribution in [3.63, 3.8) is 0 Å². The molecule has 7 heteroatoms. The second-order valence-electron chi connectivity index (χ2n) is 5.51.